The van der Waals surface area contributed by atoms with Gasteiger partial charge in [0.05, 0.1) is 5.54 Å². The molecule has 114 valence electrons. The molecular weight excluding hydrogens is 288 g/mol. The molecule has 5 nitrogen and oxygen atoms in total. The first-order valence-electron chi connectivity index (χ1n) is 6.94. The molecule has 1 unspecified atom stereocenters. The summed E-state index contributed by atoms with van der Waals surface area (Å²) < 4.78 is 5.48. The van der Waals surface area contributed by atoms with Crippen molar-refractivity contribution in [2.75, 3.05) is 14.1 Å². The molecule has 0 spiro atoms. The van der Waals surface area contributed by atoms with E-state index < -0.39 is 0 Å². The fraction of sp³-hybridized carbons (Fsp3) is 0.467. The topological polar surface area (TPSA) is 68.2 Å². The lowest BCUT2D eigenvalue weighted by molar-refractivity contribution is 0.225. The van der Waals surface area contributed by atoms with Crippen molar-refractivity contribution in [1.29, 1.82) is 0 Å². The predicted molar refractivity (Wildman–Crippen MR) is 83.2 cm³/mol. The van der Waals surface area contributed by atoms with E-state index in [1.165, 1.54) is 0 Å². The molecule has 0 aliphatic heterocycles. The van der Waals surface area contributed by atoms with Crippen LogP contribution in [0.4, 0.5) is 0 Å². The first-order valence-corrected chi connectivity index (χ1v) is 6.94. The molecule has 1 heterocycles. The molecule has 1 aromatic carbocycles. The highest BCUT2D eigenvalue weighted by Crippen LogP contribution is 2.37. The molecule has 1 fully saturated rings. The van der Waals surface area contributed by atoms with E-state index in [0.29, 0.717) is 11.7 Å². The van der Waals surface area contributed by atoms with Gasteiger partial charge in [0.1, 0.15) is 6.04 Å². The molecule has 0 radical (unpaired) electrons. The summed E-state index contributed by atoms with van der Waals surface area (Å²) in [6, 6.07) is 10.1. The molecule has 21 heavy (non-hydrogen) atoms. The number of nitrogens with two attached hydrogens (primary N) is 1. The maximum Gasteiger partial charge on any atom is 0.248 e. The number of halogens is 1. The second kappa shape index (κ2) is 6.13. The summed E-state index contributed by atoms with van der Waals surface area (Å²) in [4.78, 5) is 6.62. The maximum absolute atomic E-state index is 6.25. The van der Waals surface area contributed by atoms with Gasteiger partial charge in [-0.15, -0.1) is 12.4 Å². The third kappa shape index (κ3) is 2.95. The van der Waals surface area contributed by atoms with E-state index in [1.54, 1.807) is 0 Å². The van der Waals surface area contributed by atoms with Gasteiger partial charge in [-0.2, -0.15) is 4.98 Å². The van der Waals surface area contributed by atoms with Crippen molar-refractivity contribution in [2.45, 2.75) is 30.8 Å². The van der Waals surface area contributed by atoms with Crippen LogP contribution in [0.2, 0.25) is 0 Å². The third-order valence-electron chi connectivity index (χ3n) is 4.00. The zero-order valence-electron chi connectivity index (χ0n) is 12.3. The van der Waals surface area contributed by atoms with E-state index in [4.69, 9.17) is 10.3 Å². The first-order chi connectivity index (χ1) is 9.60. The number of aromatic nitrogens is 2. The highest BCUT2D eigenvalue weighted by atomic mass is 35.5. The Labute approximate surface area is 130 Å². The standard InChI is InChI=1S/C15H20N4O.ClH/c1-19(2)12(11-7-4-3-5-8-11)13-17-14(18-20-13)15(16)9-6-10-15;/h3-5,7-8,12H,6,9-10,16H2,1-2H3;1H. The van der Waals surface area contributed by atoms with Crippen LogP contribution in [0.1, 0.15) is 42.6 Å². The Balaban J connectivity index is 0.00000161. The van der Waals surface area contributed by atoms with Crippen molar-refractivity contribution < 1.29 is 4.52 Å². The van der Waals surface area contributed by atoms with Crippen LogP contribution in [0.3, 0.4) is 0 Å². The van der Waals surface area contributed by atoms with E-state index >= 15 is 0 Å². The predicted octanol–water partition coefficient (Wildman–Crippen LogP) is 2.48. The summed E-state index contributed by atoms with van der Waals surface area (Å²) in [7, 11) is 4.01. The van der Waals surface area contributed by atoms with E-state index in [0.717, 1.165) is 24.8 Å². The van der Waals surface area contributed by atoms with Crippen LogP contribution in [0.5, 0.6) is 0 Å². The molecule has 3 rings (SSSR count). The Hall–Kier alpha value is -1.43. The molecule has 0 amide bonds. The van der Waals surface area contributed by atoms with Crippen LogP contribution in [-0.2, 0) is 5.54 Å². The highest BCUT2D eigenvalue weighted by molar-refractivity contribution is 5.85. The zero-order valence-corrected chi connectivity index (χ0v) is 13.1. The molecule has 1 aliphatic rings. The molecule has 1 aliphatic carbocycles. The van der Waals surface area contributed by atoms with Gasteiger partial charge < -0.3 is 10.3 Å². The average molecular weight is 309 g/mol. The van der Waals surface area contributed by atoms with Crippen molar-refractivity contribution in [1.82, 2.24) is 15.0 Å². The van der Waals surface area contributed by atoms with Gasteiger partial charge in [-0.1, -0.05) is 35.5 Å². The van der Waals surface area contributed by atoms with Crippen LogP contribution < -0.4 is 5.73 Å². The third-order valence-corrected chi connectivity index (χ3v) is 4.00. The van der Waals surface area contributed by atoms with Gasteiger partial charge in [0.2, 0.25) is 5.89 Å². The molecule has 0 bridgehead atoms. The van der Waals surface area contributed by atoms with Gasteiger partial charge in [0.15, 0.2) is 5.82 Å². The second-order valence-electron chi connectivity index (χ2n) is 5.74. The van der Waals surface area contributed by atoms with Gasteiger partial charge >= 0.3 is 0 Å². The van der Waals surface area contributed by atoms with Crippen LogP contribution in [0.15, 0.2) is 34.9 Å². The highest BCUT2D eigenvalue weighted by Gasteiger charge is 2.39. The van der Waals surface area contributed by atoms with Gasteiger partial charge in [-0.25, -0.2) is 0 Å². The van der Waals surface area contributed by atoms with Crippen LogP contribution in [-0.4, -0.2) is 29.1 Å². The molecule has 1 saturated carbocycles. The summed E-state index contributed by atoms with van der Waals surface area (Å²) in [6.07, 6.45) is 3.00. The van der Waals surface area contributed by atoms with E-state index in [1.807, 2.05) is 32.3 Å². The Morgan fingerprint density at radius 3 is 2.43 bits per heavy atom. The molecule has 2 N–H and O–H groups in total. The average Bonchev–Trinajstić information content (AvgIpc) is 2.87. The monoisotopic (exact) mass is 308 g/mol. The van der Waals surface area contributed by atoms with Gasteiger partial charge in [0.25, 0.3) is 0 Å². The van der Waals surface area contributed by atoms with Crippen LogP contribution >= 0.6 is 12.4 Å². The smallest absolute Gasteiger partial charge is 0.248 e. The minimum Gasteiger partial charge on any atom is -0.337 e. The van der Waals surface area contributed by atoms with Crippen LogP contribution in [0.25, 0.3) is 0 Å². The number of nitrogens with zero attached hydrogens (tertiary/aromatic N) is 3. The summed E-state index contributed by atoms with van der Waals surface area (Å²) in [5.41, 5.74) is 7.01. The second-order valence-corrected chi connectivity index (χ2v) is 5.74. The number of rotatable bonds is 4. The first kappa shape index (κ1) is 15.9. The van der Waals surface area contributed by atoms with Crippen molar-refractivity contribution in [3.8, 4) is 0 Å². The Kier molecular flexibility index (Phi) is 4.66. The van der Waals surface area contributed by atoms with E-state index in [-0.39, 0.29) is 24.0 Å². The molecule has 1 aromatic heterocycles. The van der Waals surface area contributed by atoms with Crippen molar-refractivity contribution in [3.63, 3.8) is 0 Å². The van der Waals surface area contributed by atoms with Crippen LogP contribution in [0, 0.1) is 0 Å². The fourth-order valence-electron chi connectivity index (χ4n) is 2.63. The quantitative estimate of drug-likeness (QED) is 0.940. The minimum absolute atomic E-state index is 0. The summed E-state index contributed by atoms with van der Waals surface area (Å²) in [5.74, 6) is 1.24. The van der Waals surface area contributed by atoms with E-state index in [9.17, 15) is 0 Å². The lowest BCUT2D eigenvalue weighted by Gasteiger charge is -2.34. The molecule has 2 aromatic rings. The van der Waals surface area contributed by atoms with E-state index in [2.05, 4.69) is 27.2 Å². The number of hydrogen-bond acceptors (Lipinski definition) is 5. The Bertz CT molecular complexity index is 580. The lowest BCUT2D eigenvalue weighted by atomic mass is 9.77. The fourth-order valence-corrected chi connectivity index (χ4v) is 2.63. The molecule has 6 heteroatoms. The Morgan fingerprint density at radius 1 is 1.24 bits per heavy atom. The summed E-state index contributed by atoms with van der Waals surface area (Å²) in [6.45, 7) is 0. The largest absolute Gasteiger partial charge is 0.337 e. The van der Waals surface area contributed by atoms with Crippen molar-refractivity contribution in [2.24, 2.45) is 5.73 Å². The molecular formula is C15H21ClN4O. The Morgan fingerprint density at radius 2 is 1.90 bits per heavy atom. The van der Waals surface area contributed by atoms with Crippen molar-refractivity contribution >= 4 is 12.4 Å². The van der Waals surface area contributed by atoms with Gasteiger partial charge in [-0.05, 0) is 38.9 Å². The molecule has 0 saturated heterocycles. The normalized spacial score (nSPS) is 17.9. The lowest BCUT2D eigenvalue weighted by Crippen LogP contribution is -2.44. The SMILES string of the molecule is CN(C)C(c1ccccc1)c1nc(C2(N)CCC2)no1.Cl. The van der Waals surface area contributed by atoms with Crippen molar-refractivity contribution in [3.05, 3.63) is 47.6 Å². The number of hydrogen-bond donors (Lipinski definition) is 1. The summed E-state index contributed by atoms with van der Waals surface area (Å²) >= 11 is 0. The van der Waals surface area contributed by atoms with Gasteiger partial charge in [0, 0.05) is 0 Å². The maximum atomic E-state index is 6.25. The summed E-state index contributed by atoms with van der Waals surface area (Å²) in [5, 5.41) is 4.10. The van der Waals surface area contributed by atoms with Gasteiger partial charge in [-0.3, -0.25) is 4.90 Å². The molecule has 1 atom stereocenters. The number of benzene rings is 1. The zero-order chi connectivity index (χ0) is 14.2. The minimum atomic E-state index is -0.380.